The van der Waals surface area contributed by atoms with Crippen molar-refractivity contribution in [3.05, 3.63) is 70.8 Å². The van der Waals surface area contributed by atoms with Gasteiger partial charge in [0.25, 0.3) is 0 Å². The summed E-state index contributed by atoms with van der Waals surface area (Å²) in [5.41, 5.74) is 1.20. The van der Waals surface area contributed by atoms with Crippen molar-refractivity contribution in [1.29, 1.82) is 0 Å². The molecule has 0 amide bonds. The number of nitrogens with zero attached hydrogens (tertiary/aromatic N) is 4. The summed E-state index contributed by atoms with van der Waals surface area (Å²) in [6, 6.07) is 8.47. The predicted octanol–water partition coefficient (Wildman–Crippen LogP) is 3.96. The first-order valence-electron chi connectivity index (χ1n) is 7.13. The molecule has 1 unspecified atom stereocenters. The molecule has 0 spiro atoms. The molecule has 0 radical (unpaired) electrons. The second kappa shape index (κ2) is 5.39. The monoisotopic (exact) mass is 342 g/mol. The van der Waals surface area contributed by atoms with Crippen LogP contribution < -0.4 is 0 Å². The minimum atomic E-state index is -0.684. The van der Waals surface area contributed by atoms with E-state index in [0.717, 1.165) is 0 Å². The molecule has 118 valence electrons. The van der Waals surface area contributed by atoms with E-state index in [1.165, 1.54) is 22.8 Å². The Labute approximate surface area is 140 Å². The first-order chi connectivity index (χ1) is 11.6. The highest BCUT2D eigenvalue weighted by molar-refractivity contribution is 6.29. The van der Waals surface area contributed by atoms with Crippen LogP contribution in [0.15, 0.2) is 30.5 Å². The largest absolute Gasteiger partial charge is 0.235 e. The molecule has 4 nitrogen and oxygen atoms in total. The van der Waals surface area contributed by atoms with Gasteiger partial charge in [0.2, 0.25) is 0 Å². The zero-order valence-corrected chi connectivity index (χ0v) is 13.1. The Hall–Kier alpha value is -2.78. The summed E-state index contributed by atoms with van der Waals surface area (Å²) in [6.07, 6.45) is 3.99. The van der Waals surface area contributed by atoms with Crippen LogP contribution in [0.1, 0.15) is 24.1 Å². The Kier molecular flexibility index (Phi) is 3.32. The van der Waals surface area contributed by atoms with Crippen molar-refractivity contribution in [2.75, 3.05) is 0 Å². The average molecular weight is 343 g/mol. The third-order valence-electron chi connectivity index (χ3n) is 3.96. The molecular formula is C17H9ClF2N4. The molecule has 0 saturated carbocycles. The third kappa shape index (κ3) is 2.17. The van der Waals surface area contributed by atoms with Crippen molar-refractivity contribution >= 4 is 28.2 Å². The fourth-order valence-electron chi connectivity index (χ4n) is 2.77. The summed E-state index contributed by atoms with van der Waals surface area (Å²) in [7, 11) is 0. The molecule has 1 aromatic carbocycles. The molecule has 24 heavy (non-hydrogen) atoms. The van der Waals surface area contributed by atoms with E-state index in [4.69, 9.17) is 11.6 Å². The first kappa shape index (κ1) is 14.8. The average Bonchev–Trinajstić information content (AvgIpc) is 2.97. The van der Waals surface area contributed by atoms with Crippen LogP contribution in [-0.4, -0.2) is 19.6 Å². The lowest BCUT2D eigenvalue weighted by atomic mass is 9.95. The number of hydrogen-bond donors (Lipinski definition) is 0. The van der Waals surface area contributed by atoms with E-state index < -0.39 is 17.6 Å². The second-order valence-electron chi connectivity index (χ2n) is 5.36. The number of hydrogen-bond acceptors (Lipinski definition) is 3. The topological polar surface area (TPSA) is 43.1 Å². The van der Waals surface area contributed by atoms with Crippen molar-refractivity contribution in [1.82, 2.24) is 19.6 Å². The van der Waals surface area contributed by atoms with E-state index in [0.29, 0.717) is 11.3 Å². The number of rotatable bonds is 2. The molecule has 0 fully saturated rings. The third-order valence-corrected chi connectivity index (χ3v) is 4.16. The summed E-state index contributed by atoms with van der Waals surface area (Å²) in [4.78, 5) is 8.02. The molecule has 0 bridgehead atoms. The van der Waals surface area contributed by atoms with Gasteiger partial charge in [0.05, 0.1) is 17.4 Å². The maximum Gasteiger partial charge on any atom is 0.153 e. The van der Waals surface area contributed by atoms with Crippen LogP contribution in [0.4, 0.5) is 8.78 Å². The van der Waals surface area contributed by atoms with Gasteiger partial charge < -0.3 is 0 Å². The smallest absolute Gasteiger partial charge is 0.153 e. The Bertz CT molecular complexity index is 1080. The number of halogens is 3. The Morgan fingerprint density at radius 2 is 2.12 bits per heavy atom. The van der Waals surface area contributed by atoms with Gasteiger partial charge in [-0.1, -0.05) is 18.5 Å². The molecule has 0 aliphatic heterocycles. The highest BCUT2D eigenvalue weighted by Gasteiger charge is 2.24. The zero-order chi connectivity index (χ0) is 16.8. The molecule has 4 rings (SSSR count). The quantitative estimate of drug-likeness (QED) is 0.554. The van der Waals surface area contributed by atoms with E-state index in [9.17, 15) is 8.78 Å². The molecule has 3 aromatic heterocycles. The van der Waals surface area contributed by atoms with Crippen molar-refractivity contribution in [3.8, 4) is 0 Å². The summed E-state index contributed by atoms with van der Waals surface area (Å²) in [5.74, 6) is -1.98. The van der Waals surface area contributed by atoms with Crippen molar-refractivity contribution < 1.29 is 8.78 Å². The van der Waals surface area contributed by atoms with Gasteiger partial charge in [-0.05, 0) is 18.2 Å². The Balaban J connectivity index is 1.94. The maximum atomic E-state index is 14.9. The number of benzene rings is 1. The molecule has 0 aliphatic rings. The van der Waals surface area contributed by atoms with Crippen LogP contribution in [0.5, 0.6) is 0 Å². The molecule has 0 N–H and O–H groups in total. The van der Waals surface area contributed by atoms with Crippen LogP contribution in [0.3, 0.4) is 0 Å². The molecule has 7 heteroatoms. The van der Waals surface area contributed by atoms with Gasteiger partial charge in [-0.2, -0.15) is 10.1 Å². The lowest BCUT2D eigenvalue weighted by molar-refractivity contribution is 0.551. The van der Waals surface area contributed by atoms with Crippen molar-refractivity contribution in [2.45, 2.75) is 12.8 Å². The Morgan fingerprint density at radius 1 is 1.29 bits per heavy atom. The standard InChI is InChI=1S/C17H9ClF2N4/c1-9(13-8-22-15-5-4-14(18)23-24(13)15)16-11(19)7-12-10(17(16)20)3-2-6-21-12/h3-5,7-9H,1H3. The first-order valence-corrected chi connectivity index (χ1v) is 7.50. The number of imidazole rings is 1. The van der Waals surface area contributed by atoms with Crippen molar-refractivity contribution in [2.24, 2.45) is 0 Å². The summed E-state index contributed by atoms with van der Waals surface area (Å²) >= 11 is 5.92. The highest BCUT2D eigenvalue weighted by atomic mass is 35.5. The molecular weight excluding hydrogens is 334 g/mol. The van der Waals surface area contributed by atoms with Crippen LogP contribution in [0.25, 0.3) is 16.6 Å². The van der Waals surface area contributed by atoms with Gasteiger partial charge in [0, 0.05) is 35.2 Å². The lowest BCUT2D eigenvalue weighted by Crippen LogP contribution is -2.08. The molecule has 4 aromatic rings. The van der Waals surface area contributed by atoms with Gasteiger partial charge in [-0.3, -0.25) is 0 Å². The second-order valence-corrected chi connectivity index (χ2v) is 5.75. The van der Waals surface area contributed by atoms with Crippen LogP contribution in [0.2, 0.25) is 5.15 Å². The minimum absolute atomic E-state index is 0.0764. The van der Waals surface area contributed by atoms with Gasteiger partial charge >= 0.3 is 0 Å². The molecule has 0 aliphatic carbocycles. The number of fused-ring (bicyclic) bond motifs is 2. The van der Waals surface area contributed by atoms with E-state index in [2.05, 4.69) is 27.3 Å². The van der Waals surface area contributed by atoms with Gasteiger partial charge in [-0.15, -0.1) is 0 Å². The molecule has 0 saturated heterocycles. The van der Waals surface area contributed by atoms with Gasteiger partial charge in [-0.25, -0.2) is 18.3 Å². The van der Waals surface area contributed by atoms with Crippen LogP contribution in [-0.2, 0) is 0 Å². The number of aromatic nitrogens is 4. The predicted molar refractivity (Wildman–Crippen MR) is 84.8 cm³/mol. The van der Waals surface area contributed by atoms with E-state index in [1.807, 2.05) is 0 Å². The fourth-order valence-corrected chi connectivity index (χ4v) is 2.91. The summed E-state index contributed by atoms with van der Waals surface area (Å²) < 4.78 is 30.9. The Morgan fingerprint density at radius 3 is 2.96 bits per heavy atom. The zero-order valence-electron chi connectivity index (χ0n) is 12.4. The maximum absolute atomic E-state index is 14.9. The van der Waals surface area contributed by atoms with E-state index in [-0.39, 0.29) is 21.6 Å². The normalized spacial score (nSPS) is 12.5. The van der Waals surface area contributed by atoms with E-state index in [1.54, 1.807) is 19.1 Å². The molecule has 1 atom stereocenters. The summed E-state index contributed by atoms with van der Waals surface area (Å²) in [6.45, 7) is 1.69. The fraction of sp³-hybridized carbons (Fsp3) is 0.118. The highest BCUT2D eigenvalue weighted by Crippen LogP contribution is 2.32. The van der Waals surface area contributed by atoms with E-state index >= 15 is 0 Å². The van der Waals surface area contributed by atoms with Crippen molar-refractivity contribution in [3.63, 3.8) is 0 Å². The van der Waals surface area contributed by atoms with Crippen LogP contribution in [0, 0.1) is 23.9 Å². The minimum Gasteiger partial charge on any atom is -0.235 e. The van der Waals surface area contributed by atoms with Gasteiger partial charge in [0.15, 0.2) is 5.65 Å². The molecule has 3 heterocycles. The van der Waals surface area contributed by atoms with Gasteiger partial charge in [0.1, 0.15) is 16.8 Å². The van der Waals surface area contributed by atoms with Crippen LogP contribution >= 0.6 is 11.6 Å². The summed E-state index contributed by atoms with van der Waals surface area (Å²) in [5, 5.41) is 4.61. The lowest BCUT2D eigenvalue weighted by Gasteiger charge is -2.14. The SMILES string of the molecule is CC(c1c(F)cc2nc#ccc2c1F)c1cnc2ccc(Cl)nn12.